The summed E-state index contributed by atoms with van der Waals surface area (Å²) in [4.78, 5) is 0.149. The Kier molecular flexibility index (Phi) is 5.77. The van der Waals surface area contributed by atoms with E-state index in [0.717, 1.165) is 18.7 Å². The van der Waals surface area contributed by atoms with Gasteiger partial charge in [0.05, 0.1) is 18.1 Å². The number of ether oxygens (including phenoxy) is 2. The lowest BCUT2D eigenvalue weighted by Gasteiger charge is -2.13. The van der Waals surface area contributed by atoms with Crippen molar-refractivity contribution in [2.45, 2.75) is 44.0 Å². The fraction of sp³-hybridized carbons (Fsp3) is 0.529. The van der Waals surface area contributed by atoms with Crippen molar-refractivity contribution >= 4 is 10.0 Å². The number of benzene rings is 1. The summed E-state index contributed by atoms with van der Waals surface area (Å²) in [6.07, 6.45) is 3.89. The second-order valence-corrected chi connectivity index (χ2v) is 7.80. The van der Waals surface area contributed by atoms with Crippen LogP contribution in [0.25, 0.3) is 0 Å². The topological polar surface area (TPSA) is 95.3 Å². The van der Waals surface area contributed by atoms with Crippen molar-refractivity contribution in [1.29, 1.82) is 0 Å². The zero-order valence-electron chi connectivity index (χ0n) is 15.0. The largest absolute Gasteiger partial charge is 0.490 e. The van der Waals surface area contributed by atoms with Crippen molar-refractivity contribution in [3.8, 4) is 11.5 Å². The Bertz CT molecular complexity index is 846. The van der Waals surface area contributed by atoms with Crippen LogP contribution in [0.3, 0.4) is 0 Å². The van der Waals surface area contributed by atoms with E-state index in [0.29, 0.717) is 37.2 Å². The molecule has 1 saturated carbocycles. The molecular formula is C17H24N4O4S. The molecular weight excluding hydrogens is 356 g/mol. The molecule has 0 saturated heterocycles. The van der Waals surface area contributed by atoms with Crippen LogP contribution in [-0.4, -0.2) is 42.9 Å². The minimum absolute atomic E-state index is 0.149. The van der Waals surface area contributed by atoms with Gasteiger partial charge in [-0.25, -0.2) is 13.1 Å². The first kappa shape index (κ1) is 18.7. The third-order valence-electron chi connectivity index (χ3n) is 4.06. The third kappa shape index (κ3) is 4.34. The van der Waals surface area contributed by atoms with Crippen LogP contribution in [0, 0.1) is 0 Å². The monoisotopic (exact) mass is 380 g/mol. The lowest BCUT2D eigenvalue weighted by molar-refractivity contribution is 0.287. The fourth-order valence-electron chi connectivity index (χ4n) is 2.68. The molecule has 0 atom stereocenters. The van der Waals surface area contributed by atoms with Gasteiger partial charge < -0.3 is 14.0 Å². The number of nitrogens with zero attached hydrogens (tertiary/aromatic N) is 3. The highest BCUT2D eigenvalue weighted by molar-refractivity contribution is 7.89. The molecule has 1 aromatic carbocycles. The Morgan fingerprint density at radius 1 is 1.19 bits per heavy atom. The highest BCUT2D eigenvalue weighted by Crippen LogP contribution is 2.38. The highest BCUT2D eigenvalue weighted by Gasteiger charge is 2.28. The number of nitrogens with one attached hydrogen (secondary N) is 1. The lowest BCUT2D eigenvalue weighted by Crippen LogP contribution is -2.27. The average molecular weight is 380 g/mol. The molecule has 9 heteroatoms. The van der Waals surface area contributed by atoms with Crippen LogP contribution in [0.2, 0.25) is 0 Å². The summed E-state index contributed by atoms with van der Waals surface area (Å²) in [5.41, 5.74) is 0. The van der Waals surface area contributed by atoms with Crippen molar-refractivity contribution in [1.82, 2.24) is 19.5 Å². The molecule has 142 valence electrons. The molecule has 1 aliphatic carbocycles. The molecule has 0 unspecified atom stereocenters. The van der Waals surface area contributed by atoms with E-state index in [2.05, 4.69) is 14.9 Å². The zero-order valence-corrected chi connectivity index (χ0v) is 15.8. The summed E-state index contributed by atoms with van der Waals surface area (Å²) in [6.45, 7) is 5.36. The van der Waals surface area contributed by atoms with Crippen LogP contribution in [0.5, 0.6) is 11.5 Å². The molecule has 1 aliphatic rings. The van der Waals surface area contributed by atoms with Gasteiger partial charge in [-0.1, -0.05) is 0 Å². The van der Waals surface area contributed by atoms with E-state index in [1.807, 2.05) is 18.4 Å². The van der Waals surface area contributed by atoms with Crippen LogP contribution >= 0.6 is 0 Å². The second-order valence-electron chi connectivity index (χ2n) is 6.03. The van der Waals surface area contributed by atoms with Crippen molar-refractivity contribution in [3.63, 3.8) is 0 Å². The number of aromatic nitrogens is 3. The predicted octanol–water partition coefficient (Wildman–Crippen LogP) is 1.93. The zero-order chi connectivity index (χ0) is 18.6. The van der Waals surface area contributed by atoms with Gasteiger partial charge in [-0.2, -0.15) is 0 Å². The van der Waals surface area contributed by atoms with Crippen LogP contribution in [0.4, 0.5) is 0 Å². The normalized spacial score (nSPS) is 14.4. The van der Waals surface area contributed by atoms with Gasteiger partial charge in [0.1, 0.15) is 12.2 Å². The summed E-state index contributed by atoms with van der Waals surface area (Å²) in [7, 11) is -3.64. The summed E-state index contributed by atoms with van der Waals surface area (Å²) < 4.78 is 40.6. The fourth-order valence-corrected chi connectivity index (χ4v) is 3.71. The highest BCUT2D eigenvalue weighted by atomic mass is 32.2. The molecule has 3 rings (SSSR count). The Balaban J connectivity index is 1.67. The van der Waals surface area contributed by atoms with Crippen LogP contribution < -0.4 is 14.2 Å². The number of hydrogen-bond acceptors (Lipinski definition) is 6. The standard InChI is InChI=1S/C17H24N4O4S/c1-3-24-15-8-7-14(11-16(15)25-4-2)26(22,23)19-9-10-21-12-18-20-17(21)13-5-6-13/h7-8,11-13,19H,3-6,9-10H2,1-2H3. The van der Waals surface area contributed by atoms with E-state index < -0.39 is 10.0 Å². The molecule has 0 radical (unpaired) electrons. The van der Waals surface area contributed by atoms with Crippen LogP contribution in [-0.2, 0) is 16.6 Å². The van der Waals surface area contributed by atoms with Gasteiger partial charge in [-0.15, -0.1) is 10.2 Å². The molecule has 8 nitrogen and oxygen atoms in total. The van der Waals surface area contributed by atoms with Gasteiger partial charge in [0.15, 0.2) is 11.5 Å². The summed E-state index contributed by atoms with van der Waals surface area (Å²) in [6, 6.07) is 4.63. The van der Waals surface area contributed by atoms with Crippen molar-refractivity contribution < 1.29 is 17.9 Å². The quantitative estimate of drug-likeness (QED) is 0.677. The Labute approximate surface area is 153 Å². The second kappa shape index (κ2) is 8.05. The molecule has 26 heavy (non-hydrogen) atoms. The van der Waals surface area contributed by atoms with Crippen molar-refractivity contribution in [2.24, 2.45) is 0 Å². The Hall–Kier alpha value is -2.13. The molecule has 1 aromatic heterocycles. The lowest BCUT2D eigenvalue weighted by atomic mass is 10.3. The third-order valence-corrected chi connectivity index (χ3v) is 5.52. The maximum absolute atomic E-state index is 12.6. The Morgan fingerprint density at radius 2 is 1.92 bits per heavy atom. The van der Waals surface area contributed by atoms with Crippen molar-refractivity contribution in [3.05, 3.63) is 30.4 Å². The van der Waals surface area contributed by atoms with E-state index in [4.69, 9.17) is 9.47 Å². The van der Waals surface area contributed by atoms with Gasteiger partial charge in [-0.3, -0.25) is 0 Å². The Morgan fingerprint density at radius 3 is 2.62 bits per heavy atom. The molecule has 1 heterocycles. The van der Waals surface area contributed by atoms with Gasteiger partial charge in [0.2, 0.25) is 10.0 Å². The summed E-state index contributed by atoms with van der Waals surface area (Å²) in [5, 5.41) is 8.04. The molecule has 0 amide bonds. The van der Waals surface area contributed by atoms with Gasteiger partial charge in [0, 0.05) is 25.1 Å². The molecule has 1 N–H and O–H groups in total. The summed E-state index contributed by atoms with van der Waals surface area (Å²) >= 11 is 0. The van der Waals surface area contributed by atoms with Gasteiger partial charge in [-0.05, 0) is 38.8 Å². The average Bonchev–Trinajstić information content (AvgIpc) is 3.35. The molecule has 2 aromatic rings. The van der Waals surface area contributed by atoms with E-state index in [9.17, 15) is 8.42 Å². The van der Waals surface area contributed by atoms with E-state index >= 15 is 0 Å². The van der Waals surface area contributed by atoms with Crippen LogP contribution in [0.15, 0.2) is 29.4 Å². The predicted molar refractivity (Wildman–Crippen MR) is 96.0 cm³/mol. The number of sulfonamides is 1. The first-order valence-electron chi connectivity index (χ1n) is 8.82. The van der Waals surface area contributed by atoms with Gasteiger partial charge in [0.25, 0.3) is 0 Å². The van der Waals surface area contributed by atoms with Gasteiger partial charge >= 0.3 is 0 Å². The minimum Gasteiger partial charge on any atom is -0.490 e. The SMILES string of the molecule is CCOc1ccc(S(=O)(=O)NCCn2cnnc2C2CC2)cc1OCC. The first-order chi connectivity index (χ1) is 12.5. The minimum atomic E-state index is -3.64. The van der Waals surface area contributed by atoms with Crippen LogP contribution in [0.1, 0.15) is 38.4 Å². The smallest absolute Gasteiger partial charge is 0.240 e. The maximum Gasteiger partial charge on any atom is 0.240 e. The first-order valence-corrected chi connectivity index (χ1v) is 10.3. The van der Waals surface area contributed by atoms with E-state index in [-0.39, 0.29) is 11.4 Å². The summed E-state index contributed by atoms with van der Waals surface area (Å²) in [5.74, 6) is 2.36. The van der Waals surface area contributed by atoms with E-state index in [1.54, 1.807) is 12.4 Å². The van der Waals surface area contributed by atoms with E-state index in [1.165, 1.54) is 12.1 Å². The molecule has 0 aliphatic heterocycles. The maximum atomic E-state index is 12.6. The molecule has 0 bridgehead atoms. The number of rotatable bonds is 10. The number of hydrogen-bond donors (Lipinski definition) is 1. The molecule has 0 spiro atoms. The molecule has 1 fully saturated rings. The van der Waals surface area contributed by atoms with Crippen molar-refractivity contribution in [2.75, 3.05) is 19.8 Å².